The smallest absolute Gasteiger partial charge is 0.263 e. The van der Waals surface area contributed by atoms with Crippen LogP contribution in [0.25, 0.3) is 0 Å². The summed E-state index contributed by atoms with van der Waals surface area (Å²) in [5.74, 6) is -0.408. The average molecular weight is 439 g/mol. The number of sulfonamides is 1. The first-order valence-corrected chi connectivity index (χ1v) is 11.4. The zero-order valence-corrected chi connectivity index (χ0v) is 17.2. The molecular formula is C20H24F2N4O3S. The van der Waals surface area contributed by atoms with E-state index in [1.54, 1.807) is 6.07 Å². The first-order chi connectivity index (χ1) is 14.4. The van der Waals surface area contributed by atoms with Gasteiger partial charge in [0.15, 0.2) is 0 Å². The number of nitrogens with one attached hydrogen (secondary N) is 1. The van der Waals surface area contributed by atoms with Gasteiger partial charge in [0.05, 0.1) is 12.3 Å². The van der Waals surface area contributed by atoms with Crippen molar-refractivity contribution in [1.29, 1.82) is 0 Å². The maximum absolute atomic E-state index is 13.3. The third-order valence-corrected chi connectivity index (χ3v) is 6.75. The Balaban J connectivity index is 1.36. The molecule has 1 aromatic heterocycles. The summed E-state index contributed by atoms with van der Waals surface area (Å²) in [7, 11) is -4.00. The second-order valence-corrected chi connectivity index (χ2v) is 9.32. The Kier molecular flexibility index (Phi) is 6.16. The molecule has 0 amide bonds. The number of hydrogen-bond donors (Lipinski definition) is 1. The summed E-state index contributed by atoms with van der Waals surface area (Å²) in [5.41, 5.74) is -0.180. The molecule has 1 N–H and O–H groups in total. The van der Waals surface area contributed by atoms with E-state index in [-0.39, 0.29) is 10.6 Å². The molecule has 0 spiro atoms. The number of nitrogens with zero attached hydrogens (tertiary/aromatic N) is 3. The highest BCUT2D eigenvalue weighted by atomic mass is 32.2. The van der Waals surface area contributed by atoms with Gasteiger partial charge in [0, 0.05) is 51.6 Å². The van der Waals surface area contributed by atoms with Crippen LogP contribution in [-0.2, 0) is 14.8 Å². The highest BCUT2D eigenvalue weighted by molar-refractivity contribution is 7.92. The molecule has 2 aromatic rings. The molecule has 0 aliphatic carbocycles. The third kappa shape index (κ3) is 5.05. The van der Waals surface area contributed by atoms with Gasteiger partial charge in [0.1, 0.15) is 22.3 Å². The van der Waals surface area contributed by atoms with Crippen LogP contribution in [0.4, 0.5) is 20.3 Å². The lowest BCUT2D eigenvalue weighted by Crippen LogP contribution is -2.48. The number of anilines is 2. The molecule has 0 bridgehead atoms. The maximum atomic E-state index is 13.3. The molecule has 3 heterocycles. The molecule has 1 atom stereocenters. The van der Waals surface area contributed by atoms with Crippen LogP contribution in [0.3, 0.4) is 0 Å². The molecule has 30 heavy (non-hydrogen) atoms. The fourth-order valence-electron chi connectivity index (χ4n) is 3.80. The van der Waals surface area contributed by atoms with Crippen molar-refractivity contribution < 1.29 is 21.9 Å². The van der Waals surface area contributed by atoms with Crippen LogP contribution in [0, 0.1) is 17.6 Å². The lowest BCUT2D eigenvalue weighted by Gasteiger charge is -2.36. The van der Waals surface area contributed by atoms with E-state index in [1.165, 1.54) is 12.3 Å². The molecule has 0 saturated carbocycles. The summed E-state index contributed by atoms with van der Waals surface area (Å²) >= 11 is 0. The average Bonchev–Trinajstić information content (AvgIpc) is 3.21. The molecule has 1 unspecified atom stereocenters. The van der Waals surface area contributed by atoms with E-state index >= 15 is 0 Å². The van der Waals surface area contributed by atoms with Gasteiger partial charge in [0.25, 0.3) is 10.0 Å². The van der Waals surface area contributed by atoms with E-state index in [0.29, 0.717) is 17.8 Å². The van der Waals surface area contributed by atoms with Crippen molar-refractivity contribution in [2.75, 3.05) is 55.6 Å². The van der Waals surface area contributed by atoms with E-state index in [1.807, 2.05) is 0 Å². The van der Waals surface area contributed by atoms with E-state index < -0.39 is 21.7 Å². The SMILES string of the molecule is O=S(=O)(Nc1cc(F)cc(F)c1)c1ccc(N2CCN(CC3CCOC3)CC2)nc1. The third-order valence-electron chi connectivity index (χ3n) is 5.38. The highest BCUT2D eigenvalue weighted by Crippen LogP contribution is 2.21. The van der Waals surface area contributed by atoms with Gasteiger partial charge < -0.3 is 9.64 Å². The number of halogens is 2. The number of piperazine rings is 1. The Morgan fingerprint density at radius 1 is 1.10 bits per heavy atom. The summed E-state index contributed by atoms with van der Waals surface area (Å²) in [5, 5.41) is 0. The van der Waals surface area contributed by atoms with Crippen LogP contribution >= 0.6 is 0 Å². The van der Waals surface area contributed by atoms with Gasteiger partial charge in [-0.15, -0.1) is 0 Å². The van der Waals surface area contributed by atoms with Crippen LogP contribution < -0.4 is 9.62 Å². The summed E-state index contributed by atoms with van der Waals surface area (Å²) in [4.78, 5) is 8.77. The van der Waals surface area contributed by atoms with Gasteiger partial charge >= 0.3 is 0 Å². The predicted molar refractivity (Wildman–Crippen MR) is 109 cm³/mol. The first-order valence-electron chi connectivity index (χ1n) is 9.89. The molecule has 2 fully saturated rings. The van der Waals surface area contributed by atoms with Crippen molar-refractivity contribution in [3.63, 3.8) is 0 Å². The number of benzene rings is 1. The molecule has 7 nitrogen and oxygen atoms in total. The number of ether oxygens (including phenoxy) is 1. The molecular weight excluding hydrogens is 414 g/mol. The minimum absolute atomic E-state index is 0.0733. The van der Waals surface area contributed by atoms with E-state index in [2.05, 4.69) is 19.5 Å². The Morgan fingerprint density at radius 2 is 1.83 bits per heavy atom. The summed E-state index contributed by atoms with van der Waals surface area (Å²) in [6.45, 7) is 6.21. The monoisotopic (exact) mass is 438 g/mol. The minimum Gasteiger partial charge on any atom is -0.381 e. The van der Waals surface area contributed by atoms with Gasteiger partial charge in [0.2, 0.25) is 0 Å². The van der Waals surface area contributed by atoms with E-state index in [4.69, 9.17) is 4.74 Å². The standard InChI is InChI=1S/C20H24F2N4O3S/c21-16-9-17(22)11-18(10-16)24-30(27,28)19-1-2-20(23-12-19)26-6-4-25(5-7-26)13-15-3-8-29-14-15/h1-2,9-12,15,24H,3-8,13-14H2. The van der Waals surface area contributed by atoms with Gasteiger partial charge in [-0.05, 0) is 36.6 Å². The van der Waals surface area contributed by atoms with Gasteiger partial charge in [-0.25, -0.2) is 22.2 Å². The largest absolute Gasteiger partial charge is 0.381 e. The normalized spacial score (nSPS) is 20.5. The number of rotatable bonds is 6. The fourth-order valence-corrected chi connectivity index (χ4v) is 4.78. The molecule has 2 aliphatic rings. The number of aromatic nitrogens is 1. The number of hydrogen-bond acceptors (Lipinski definition) is 6. The predicted octanol–water partition coefficient (Wildman–Crippen LogP) is 2.32. The van der Waals surface area contributed by atoms with Crippen molar-refractivity contribution in [2.45, 2.75) is 11.3 Å². The molecule has 2 aliphatic heterocycles. The quantitative estimate of drug-likeness (QED) is 0.746. The molecule has 2 saturated heterocycles. The van der Waals surface area contributed by atoms with Crippen molar-refractivity contribution in [2.24, 2.45) is 5.92 Å². The first kappa shape index (κ1) is 21.0. The Hall–Kier alpha value is -2.30. The van der Waals surface area contributed by atoms with Crippen molar-refractivity contribution in [3.05, 3.63) is 48.2 Å². The molecule has 162 valence electrons. The lowest BCUT2D eigenvalue weighted by molar-refractivity contribution is 0.164. The second-order valence-electron chi connectivity index (χ2n) is 7.63. The van der Waals surface area contributed by atoms with E-state index in [9.17, 15) is 17.2 Å². The van der Waals surface area contributed by atoms with Gasteiger partial charge in [-0.2, -0.15) is 0 Å². The van der Waals surface area contributed by atoms with Crippen LogP contribution in [0.5, 0.6) is 0 Å². The second kappa shape index (κ2) is 8.83. The lowest BCUT2D eigenvalue weighted by atomic mass is 10.1. The molecule has 4 rings (SSSR count). The minimum atomic E-state index is -4.00. The Labute approximate surface area is 174 Å². The maximum Gasteiger partial charge on any atom is 0.263 e. The molecule has 0 radical (unpaired) electrons. The van der Waals surface area contributed by atoms with E-state index in [0.717, 1.165) is 64.5 Å². The Morgan fingerprint density at radius 3 is 2.43 bits per heavy atom. The summed E-state index contributed by atoms with van der Waals surface area (Å²) in [6.07, 6.45) is 2.38. The topological polar surface area (TPSA) is 74.8 Å². The van der Waals surface area contributed by atoms with Crippen molar-refractivity contribution >= 4 is 21.5 Å². The zero-order valence-electron chi connectivity index (χ0n) is 16.4. The van der Waals surface area contributed by atoms with Crippen LogP contribution in [0.1, 0.15) is 6.42 Å². The molecule has 1 aromatic carbocycles. The van der Waals surface area contributed by atoms with Crippen LogP contribution in [0.2, 0.25) is 0 Å². The van der Waals surface area contributed by atoms with Gasteiger partial charge in [-0.1, -0.05) is 0 Å². The van der Waals surface area contributed by atoms with Crippen LogP contribution in [-0.4, -0.2) is 64.2 Å². The van der Waals surface area contributed by atoms with Crippen LogP contribution in [0.15, 0.2) is 41.4 Å². The molecule has 10 heteroatoms. The summed E-state index contributed by atoms with van der Waals surface area (Å²) < 4.78 is 59.2. The Bertz CT molecular complexity index is 954. The fraction of sp³-hybridized carbons (Fsp3) is 0.450. The van der Waals surface area contributed by atoms with Gasteiger partial charge in [-0.3, -0.25) is 9.62 Å². The highest BCUT2D eigenvalue weighted by Gasteiger charge is 2.24. The zero-order chi connectivity index (χ0) is 21.1. The van der Waals surface area contributed by atoms with Crippen molar-refractivity contribution in [3.8, 4) is 0 Å². The number of pyridine rings is 1. The van der Waals surface area contributed by atoms with Crippen molar-refractivity contribution in [1.82, 2.24) is 9.88 Å². The summed E-state index contributed by atoms with van der Waals surface area (Å²) in [6, 6.07) is 5.61.